The first-order valence-electron chi connectivity index (χ1n) is 6.57. The second kappa shape index (κ2) is 6.47. The summed E-state index contributed by atoms with van der Waals surface area (Å²) in [6.07, 6.45) is 4.90. The largest absolute Gasteiger partial charge is 0.299 e. The molecule has 1 heteroatoms. The van der Waals surface area contributed by atoms with Gasteiger partial charge in [-0.15, -0.1) is 11.8 Å². The molecule has 0 radical (unpaired) electrons. The topological polar surface area (TPSA) is 3.24 Å². The summed E-state index contributed by atoms with van der Waals surface area (Å²) in [5.74, 6) is 6.15. The average Bonchev–Trinajstić information content (AvgIpc) is 2.79. The summed E-state index contributed by atoms with van der Waals surface area (Å²) in [7, 11) is 0. The van der Waals surface area contributed by atoms with Gasteiger partial charge in [0.25, 0.3) is 0 Å². The Morgan fingerprint density at radius 2 is 2.12 bits per heavy atom. The van der Waals surface area contributed by atoms with Crippen LogP contribution in [0.4, 0.5) is 0 Å². The van der Waals surface area contributed by atoms with Crippen LogP contribution in [-0.2, 0) is 6.42 Å². The van der Waals surface area contributed by atoms with Crippen molar-refractivity contribution in [2.24, 2.45) is 0 Å². The number of likely N-dealkylation sites (tertiary alicyclic amines) is 1. The van der Waals surface area contributed by atoms with E-state index >= 15 is 0 Å². The lowest BCUT2D eigenvalue weighted by Crippen LogP contribution is -2.31. The van der Waals surface area contributed by atoms with Crippen molar-refractivity contribution in [3.63, 3.8) is 0 Å². The van der Waals surface area contributed by atoms with Crippen molar-refractivity contribution in [3.8, 4) is 11.8 Å². The first-order valence-corrected chi connectivity index (χ1v) is 6.57. The molecular weight excluding hydrogens is 206 g/mol. The average molecular weight is 227 g/mol. The summed E-state index contributed by atoms with van der Waals surface area (Å²) in [5.41, 5.74) is 1.46. The summed E-state index contributed by atoms with van der Waals surface area (Å²) in [5, 5.41) is 0. The molecule has 0 spiro atoms. The van der Waals surface area contributed by atoms with Crippen molar-refractivity contribution in [1.82, 2.24) is 4.90 Å². The number of rotatable bonds is 4. The van der Waals surface area contributed by atoms with Crippen LogP contribution >= 0.6 is 0 Å². The lowest BCUT2D eigenvalue weighted by molar-refractivity contribution is 0.258. The Morgan fingerprint density at radius 3 is 2.88 bits per heavy atom. The van der Waals surface area contributed by atoms with E-state index < -0.39 is 0 Å². The van der Waals surface area contributed by atoms with Crippen molar-refractivity contribution in [2.75, 3.05) is 13.1 Å². The third-order valence-electron chi connectivity index (χ3n) is 3.51. The normalized spacial score (nSPS) is 19.9. The van der Waals surface area contributed by atoms with Crippen molar-refractivity contribution in [2.45, 2.75) is 38.6 Å². The summed E-state index contributed by atoms with van der Waals surface area (Å²) in [6, 6.07) is 11.6. The molecule has 0 N–H and O–H groups in total. The molecule has 0 aliphatic carbocycles. The molecule has 1 aliphatic heterocycles. The van der Waals surface area contributed by atoms with Crippen LogP contribution in [0.1, 0.15) is 31.7 Å². The minimum absolute atomic E-state index is 0.732. The van der Waals surface area contributed by atoms with Crippen LogP contribution < -0.4 is 0 Å². The quantitative estimate of drug-likeness (QED) is 0.714. The van der Waals surface area contributed by atoms with Crippen molar-refractivity contribution < 1.29 is 0 Å². The van der Waals surface area contributed by atoms with E-state index in [1.807, 2.05) is 6.92 Å². The molecule has 0 unspecified atom stereocenters. The van der Waals surface area contributed by atoms with Gasteiger partial charge in [-0.25, -0.2) is 0 Å². The number of hydrogen-bond acceptors (Lipinski definition) is 1. The minimum atomic E-state index is 0.732. The lowest BCUT2D eigenvalue weighted by Gasteiger charge is -2.23. The SMILES string of the molecule is CC#CCCN1CCC[C@@H]1Cc1ccccc1. The molecule has 1 atom stereocenters. The molecule has 1 fully saturated rings. The molecule has 0 saturated carbocycles. The van der Waals surface area contributed by atoms with Crippen LogP contribution in [0.15, 0.2) is 30.3 Å². The molecule has 2 rings (SSSR count). The fraction of sp³-hybridized carbons (Fsp3) is 0.500. The number of hydrogen-bond donors (Lipinski definition) is 0. The van der Waals surface area contributed by atoms with Crippen LogP contribution in [-0.4, -0.2) is 24.0 Å². The van der Waals surface area contributed by atoms with Crippen LogP contribution in [0.5, 0.6) is 0 Å². The molecule has 17 heavy (non-hydrogen) atoms. The Kier molecular flexibility index (Phi) is 4.64. The molecule has 1 aromatic carbocycles. The molecule has 0 amide bonds. The zero-order valence-corrected chi connectivity index (χ0v) is 10.7. The molecule has 0 bridgehead atoms. The number of nitrogens with zero attached hydrogens (tertiary/aromatic N) is 1. The van der Waals surface area contributed by atoms with Crippen LogP contribution in [0.3, 0.4) is 0 Å². The monoisotopic (exact) mass is 227 g/mol. The maximum absolute atomic E-state index is 3.17. The van der Waals surface area contributed by atoms with E-state index in [1.54, 1.807) is 0 Å². The molecule has 1 aliphatic rings. The maximum atomic E-state index is 3.17. The molecular formula is C16H21N. The van der Waals surface area contributed by atoms with Gasteiger partial charge in [-0.05, 0) is 38.3 Å². The summed E-state index contributed by atoms with van der Waals surface area (Å²) < 4.78 is 0. The fourth-order valence-electron chi connectivity index (χ4n) is 2.63. The Balaban J connectivity index is 1.88. The highest BCUT2D eigenvalue weighted by molar-refractivity contribution is 5.16. The lowest BCUT2D eigenvalue weighted by atomic mass is 10.0. The highest BCUT2D eigenvalue weighted by Crippen LogP contribution is 2.21. The van der Waals surface area contributed by atoms with E-state index in [2.05, 4.69) is 47.1 Å². The molecule has 1 saturated heterocycles. The van der Waals surface area contributed by atoms with Crippen LogP contribution in [0.2, 0.25) is 0 Å². The van der Waals surface area contributed by atoms with Gasteiger partial charge in [0.1, 0.15) is 0 Å². The third-order valence-corrected chi connectivity index (χ3v) is 3.51. The van der Waals surface area contributed by atoms with Gasteiger partial charge >= 0.3 is 0 Å². The molecule has 1 heterocycles. The first-order chi connectivity index (χ1) is 8.40. The minimum Gasteiger partial charge on any atom is -0.299 e. The van der Waals surface area contributed by atoms with Gasteiger partial charge < -0.3 is 0 Å². The Bertz CT molecular complexity index is 385. The van der Waals surface area contributed by atoms with Gasteiger partial charge in [0.2, 0.25) is 0 Å². The Labute approximate surface area is 105 Å². The smallest absolute Gasteiger partial charge is 0.0217 e. The van der Waals surface area contributed by atoms with Crippen LogP contribution in [0.25, 0.3) is 0 Å². The Morgan fingerprint density at radius 1 is 1.29 bits per heavy atom. The van der Waals surface area contributed by atoms with Crippen LogP contribution in [0, 0.1) is 11.8 Å². The van der Waals surface area contributed by atoms with Gasteiger partial charge in [-0.1, -0.05) is 30.3 Å². The third kappa shape index (κ3) is 3.61. The van der Waals surface area contributed by atoms with E-state index in [-0.39, 0.29) is 0 Å². The standard InChI is InChI=1S/C16H21N/c1-2-3-7-12-17-13-8-11-16(17)14-15-9-5-4-6-10-15/h4-6,9-10,16H,7-8,11-14H2,1H3/t16-/m1/s1. The highest BCUT2D eigenvalue weighted by atomic mass is 15.2. The summed E-state index contributed by atoms with van der Waals surface area (Å²) in [4.78, 5) is 2.61. The van der Waals surface area contributed by atoms with Crippen molar-refractivity contribution >= 4 is 0 Å². The summed E-state index contributed by atoms with van der Waals surface area (Å²) >= 11 is 0. The number of benzene rings is 1. The predicted molar refractivity (Wildman–Crippen MR) is 72.8 cm³/mol. The zero-order chi connectivity index (χ0) is 11.9. The molecule has 1 aromatic rings. The van der Waals surface area contributed by atoms with Gasteiger partial charge in [-0.2, -0.15) is 0 Å². The van der Waals surface area contributed by atoms with Gasteiger partial charge in [0.05, 0.1) is 0 Å². The molecule has 1 nitrogen and oxygen atoms in total. The second-order valence-electron chi connectivity index (χ2n) is 4.70. The fourth-order valence-corrected chi connectivity index (χ4v) is 2.63. The zero-order valence-electron chi connectivity index (χ0n) is 10.7. The van der Waals surface area contributed by atoms with Gasteiger partial charge in [-0.3, -0.25) is 4.90 Å². The van der Waals surface area contributed by atoms with E-state index in [4.69, 9.17) is 0 Å². The van der Waals surface area contributed by atoms with Gasteiger partial charge in [0, 0.05) is 19.0 Å². The van der Waals surface area contributed by atoms with E-state index in [9.17, 15) is 0 Å². The predicted octanol–water partition coefficient (Wildman–Crippen LogP) is 3.11. The summed E-state index contributed by atoms with van der Waals surface area (Å²) in [6.45, 7) is 4.31. The molecule has 90 valence electrons. The van der Waals surface area contributed by atoms with E-state index in [0.29, 0.717) is 0 Å². The second-order valence-corrected chi connectivity index (χ2v) is 4.70. The molecule has 0 aromatic heterocycles. The highest BCUT2D eigenvalue weighted by Gasteiger charge is 2.23. The Hall–Kier alpha value is -1.26. The first kappa shape index (κ1) is 12.2. The maximum Gasteiger partial charge on any atom is 0.0217 e. The van der Waals surface area contributed by atoms with E-state index in [0.717, 1.165) is 19.0 Å². The van der Waals surface area contributed by atoms with E-state index in [1.165, 1.54) is 31.4 Å². The van der Waals surface area contributed by atoms with Gasteiger partial charge in [0.15, 0.2) is 0 Å². The van der Waals surface area contributed by atoms with Crippen molar-refractivity contribution in [3.05, 3.63) is 35.9 Å². The van der Waals surface area contributed by atoms with Crippen molar-refractivity contribution in [1.29, 1.82) is 0 Å².